The lowest BCUT2D eigenvalue weighted by molar-refractivity contribution is -0.114. The van der Waals surface area contributed by atoms with Gasteiger partial charge in [-0.1, -0.05) is 31.5 Å². The maximum absolute atomic E-state index is 12.8. The summed E-state index contributed by atoms with van der Waals surface area (Å²) in [5, 5.41) is 6.84. The Morgan fingerprint density at radius 3 is 2.24 bits per heavy atom. The smallest absolute Gasteiger partial charge is 0.266 e. The van der Waals surface area contributed by atoms with Gasteiger partial charge < -0.3 is 10.6 Å². The van der Waals surface area contributed by atoms with Gasteiger partial charge in [-0.15, -0.1) is 11.3 Å². The number of carbonyl (C=O) groups excluding carboxylic acids is 2. The van der Waals surface area contributed by atoms with Crippen LogP contribution in [0.15, 0.2) is 48.5 Å². The minimum absolute atomic E-state index is 0.0862. The Kier molecular flexibility index (Phi) is 5.14. The molecule has 25 heavy (non-hydrogen) atoms. The van der Waals surface area contributed by atoms with Crippen LogP contribution in [0.3, 0.4) is 0 Å². The van der Waals surface area contributed by atoms with Crippen molar-refractivity contribution < 1.29 is 9.59 Å². The summed E-state index contributed by atoms with van der Waals surface area (Å²) in [7, 11) is 0. The third-order valence-corrected chi connectivity index (χ3v) is 5.08. The van der Waals surface area contributed by atoms with E-state index in [1.807, 2.05) is 12.1 Å². The second-order valence-corrected chi connectivity index (χ2v) is 6.92. The van der Waals surface area contributed by atoms with Gasteiger partial charge in [0, 0.05) is 23.0 Å². The molecule has 2 amide bonds. The van der Waals surface area contributed by atoms with E-state index in [2.05, 4.69) is 29.7 Å². The van der Waals surface area contributed by atoms with Gasteiger partial charge in [0.1, 0.15) is 0 Å². The molecule has 3 aromatic rings. The van der Waals surface area contributed by atoms with E-state index in [1.54, 1.807) is 24.3 Å². The highest BCUT2D eigenvalue weighted by molar-refractivity contribution is 7.21. The third-order valence-electron chi connectivity index (χ3n) is 3.87. The molecule has 4 nitrogen and oxygen atoms in total. The van der Waals surface area contributed by atoms with Crippen LogP contribution in [0.4, 0.5) is 11.4 Å². The second-order valence-electron chi connectivity index (χ2n) is 5.87. The molecule has 0 bridgehead atoms. The highest BCUT2D eigenvalue weighted by atomic mass is 32.1. The molecule has 0 spiro atoms. The van der Waals surface area contributed by atoms with Crippen molar-refractivity contribution in [1.82, 2.24) is 0 Å². The zero-order valence-corrected chi connectivity index (χ0v) is 15.1. The zero-order chi connectivity index (χ0) is 17.8. The van der Waals surface area contributed by atoms with E-state index < -0.39 is 0 Å². The molecule has 1 heterocycles. The minimum Gasteiger partial charge on any atom is -0.326 e. The Morgan fingerprint density at radius 1 is 0.960 bits per heavy atom. The summed E-state index contributed by atoms with van der Waals surface area (Å²) in [6, 6.07) is 15.3. The monoisotopic (exact) mass is 352 g/mol. The molecule has 0 atom stereocenters. The predicted molar refractivity (Wildman–Crippen MR) is 105 cm³/mol. The summed E-state index contributed by atoms with van der Waals surface area (Å²) in [5.41, 5.74) is 2.54. The quantitative estimate of drug-likeness (QED) is 0.674. The van der Waals surface area contributed by atoms with Crippen molar-refractivity contribution in [1.29, 1.82) is 0 Å². The molecule has 0 radical (unpaired) electrons. The average molecular weight is 352 g/mol. The predicted octanol–water partition coefficient (Wildman–Crippen LogP) is 5.06. The number of carbonyl (C=O) groups is 2. The molecular weight excluding hydrogens is 332 g/mol. The zero-order valence-electron chi connectivity index (χ0n) is 14.3. The fourth-order valence-corrected chi connectivity index (χ4v) is 3.96. The number of aryl methyl sites for hydroxylation is 1. The number of thiophene rings is 1. The number of fused-ring (bicyclic) bond motifs is 1. The Hall–Kier alpha value is -2.66. The molecule has 0 unspecified atom stereocenters. The first-order chi connectivity index (χ1) is 12.1. The molecule has 0 saturated heterocycles. The van der Waals surface area contributed by atoms with Crippen molar-refractivity contribution in [3.8, 4) is 0 Å². The molecule has 0 saturated carbocycles. The number of hydrogen-bond acceptors (Lipinski definition) is 3. The molecule has 3 rings (SSSR count). The van der Waals surface area contributed by atoms with Gasteiger partial charge in [0.05, 0.1) is 4.88 Å². The van der Waals surface area contributed by atoms with E-state index in [-0.39, 0.29) is 11.8 Å². The summed E-state index contributed by atoms with van der Waals surface area (Å²) >= 11 is 1.53. The Labute approximate surface area is 150 Å². The number of amides is 2. The molecule has 1 aromatic heterocycles. The van der Waals surface area contributed by atoms with E-state index in [0.29, 0.717) is 11.4 Å². The van der Waals surface area contributed by atoms with Gasteiger partial charge in [0.25, 0.3) is 5.91 Å². The van der Waals surface area contributed by atoms with Gasteiger partial charge in [-0.25, -0.2) is 0 Å². The Balaban J connectivity index is 1.84. The average Bonchev–Trinajstić information content (AvgIpc) is 2.96. The van der Waals surface area contributed by atoms with Crippen LogP contribution in [0, 0.1) is 0 Å². The SMILES string of the molecule is CCCc1c(C(=O)Nc2ccc(NC(C)=O)cc2)sc2ccccc12. The van der Waals surface area contributed by atoms with E-state index >= 15 is 0 Å². The number of hydrogen-bond donors (Lipinski definition) is 2. The van der Waals surface area contributed by atoms with Crippen molar-refractivity contribution in [2.75, 3.05) is 10.6 Å². The van der Waals surface area contributed by atoms with Crippen LogP contribution in [0.5, 0.6) is 0 Å². The van der Waals surface area contributed by atoms with Crippen molar-refractivity contribution in [2.45, 2.75) is 26.7 Å². The summed E-state index contributed by atoms with van der Waals surface area (Å²) in [5.74, 6) is -0.205. The maximum Gasteiger partial charge on any atom is 0.266 e. The normalized spacial score (nSPS) is 10.6. The highest BCUT2D eigenvalue weighted by Gasteiger charge is 2.17. The number of benzene rings is 2. The Bertz CT molecular complexity index is 913. The van der Waals surface area contributed by atoms with Crippen LogP contribution >= 0.6 is 11.3 Å². The van der Waals surface area contributed by atoms with Gasteiger partial charge in [0.15, 0.2) is 0 Å². The van der Waals surface area contributed by atoms with Crippen molar-refractivity contribution in [3.63, 3.8) is 0 Å². The standard InChI is InChI=1S/C20H20N2O2S/c1-3-6-17-16-7-4-5-8-18(16)25-19(17)20(24)22-15-11-9-14(10-12-15)21-13(2)23/h4-5,7-12H,3,6H2,1-2H3,(H,21,23)(H,22,24). The summed E-state index contributed by atoms with van der Waals surface area (Å²) in [6.45, 7) is 3.58. The summed E-state index contributed by atoms with van der Waals surface area (Å²) < 4.78 is 1.14. The van der Waals surface area contributed by atoms with Crippen LogP contribution in [-0.4, -0.2) is 11.8 Å². The van der Waals surface area contributed by atoms with Gasteiger partial charge in [-0.3, -0.25) is 9.59 Å². The van der Waals surface area contributed by atoms with Gasteiger partial charge in [0.2, 0.25) is 5.91 Å². The van der Waals surface area contributed by atoms with E-state index in [9.17, 15) is 9.59 Å². The first-order valence-electron chi connectivity index (χ1n) is 8.28. The van der Waals surface area contributed by atoms with Gasteiger partial charge >= 0.3 is 0 Å². The first-order valence-corrected chi connectivity index (χ1v) is 9.09. The minimum atomic E-state index is -0.119. The number of nitrogens with one attached hydrogen (secondary N) is 2. The van der Waals surface area contributed by atoms with Crippen molar-refractivity contribution in [2.24, 2.45) is 0 Å². The molecular formula is C20H20N2O2S. The van der Waals surface area contributed by atoms with Crippen LogP contribution in [0.2, 0.25) is 0 Å². The van der Waals surface area contributed by atoms with E-state index in [0.717, 1.165) is 28.0 Å². The van der Waals surface area contributed by atoms with Gasteiger partial charge in [-0.05, 0) is 47.7 Å². The topological polar surface area (TPSA) is 58.2 Å². The lowest BCUT2D eigenvalue weighted by Gasteiger charge is -2.07. The van der Waals surface area contributed by atoms with Crippen molar-refractivity contribution >= 4 is 44.6 Å². The third kappa shape index (κ3) is 3.88. The summed E-state index contributed by atoms with van der Waals surface area (Å²) in [4.78, 5) is 24.6. The van der Waals surface area contributed by atoms with Crippen LogP contribution in [0.25, 0.3) is 10.1 Å². The molecule has 5 heteroatoms. The fraction of sp³-hybridized carbons (Fsp3) is 0.200. The van der Waals surface area contributed by atoms with E-state index in [1.165, 1.54) is 23.6 Å². The maximum atomic E-state index is 12.8. The molecule has 0 aliphatic carbocycles. The fourth-order valence-electron chi connectivity index (χ4n) is 2.81. The first kappa shape index (κ1) is 17.2. The highest BCUT2D eigenvalue weighted by Crippen LogP contribution is 2.32. The molecule has 2 N–H and O–H groups in total. The molecule has 0 aliphatic heterocycles. The Morgan fingerprint density at radius 2 is 1.60 bits per heavy atom. The summed E-state index contributed by atoms with van der Waals surface area (Å²) in [6.07, 6.45) is 1.88. The van der Waals surface area contributed by atoms with E-state index in [4.69, 9.17) is 0 Å². The van der Waals surface area contributed by atoms with Crippen LogP contribution in [-0.2, 0) is 11.2 Å². The molecule has 2 aromatic carbocycles. The second kappa shape index (κ2) is 7.49. The van der Waals surface area contributed by atoms with Gasteiger partial charge in [-0.2, -0.15) is 0 Å². The van der Waals surface area contributed by atoms with Crippen LogP contribution < -0.4 is 10.6 Å². The van der Waals surface area contributed by atoms with Crippen LogP contribution in [0.1, 0.15) is 35.5 Å². The lowest BCUT2D eigenvalue weighted by atomic mass is 10.1. The number of rotatable bonds is 5. The molecule has 0 fully saturated rings. The van der Waals surface area contributed by atoms with Crippen molar-refractivity contribution in [3.05, 3.63) is 59.0 Å². The number of anilines is 2. The largest absolute Gasteiger partial charge is 0.326 e. The molecule has 0 aliphatic rings. The lowest BCUT2D eigenvalue weighted by Crippen LogP contribution is -2.12. The molecule has 128 valence electrons.